The maximum atomic E-state index is 9.20. The molecule has 0 saturated carbocycles. The van der Waals surface area contributed by atoms with Crippen molar-refractivity contribution in [2.24, 2.45) is 5.73 Å². The minimum Gasteiger partial charge on any atom is -0.508 e. The van der Waals surface area contributed by atoms with Crippen molar-refractivity contribution >= 4 is 0 Å². The van der Waals surface area contributed by atoms with Crippen LogP contribution < -0.4 is 21.7 Å². The highest BCUT2D eigenvalue weighted by molar-refractivity contribution is 5.25. The number of rotatable bonds is 14. The Labute approximate surface area is 134 Å². The maximum absolute atomic E-state index is 9.20. The lowest BCUT2D eigenvalue weighted by Crippen LogP contribution is -2.24. The highest BCUT2D eigenvalue weighted by Gasteiger charge is 1.94. The van der Waals surface area contributed by atoms with Crippen molar-refractivity contribution < 1.29 is 5.11 Å². The molecular weight excluding hydrogens is 276 g/mol. The van der Waals surface area contributed by atoms with Gasteiger partial charge in [0.1, 0.15) is 5.75 Å². The van der Waals surface area contributed by atoms with Crippen molar-refractivity contribution in [3.63, 3.8) is 0 Å². The summed E-state index contributed by atoms with van der Waals surface area (Å²) in [5.74, 6) is 0.322. The van der Waals surface area contributed by atoms with Crippen LogP contribution in [0.1, 0.15) is 31.2 Å². The Morgan fingerprint density at radius 1 is 0.727 bits per heavy atom. The summed E-state index contributed by atoms with van der Waals surface area (Å²) >= 11 is 0. The molecule has 0 bridgehead atoms. The molecule has 0 aliphatic rings. The van der Waals surface area contributed by atoms with E-state index in [0.717, 1.165) is 58.7 Å². The first kappa shape index (κ1) is 18.9. The van der Waals surface area contributed by atoms with Crippen LogP contribution in [-0.2, 0) is 6.54 Å². The van der Waals surface area contributed by atoms with Crippen LogP contribution in [0.15, 0.2) is 24.3 Å². The van der Waals surface area contributed by atoms with Crippen molar-refractivity contribution in [2.75, 3.05) is 39.3 Å². The molecule has 1 aromatic rings. The molecule has 0 radical (unpaired) electrons. The zero-order valence-electron chi connectivity index (χ0n) is 13.6. The first-order valence-electron chi connectivity index (χ1n) is 8.43. The molecule has 1 rings (SSSR count). The Morgan fingerprint density at radius 3 is 1.91 bits per heavy atom. The van der Waals surface area contributed by atoms with E-state index in [-0.39, 0.29) is 0 Å². The number of nitrogens with one attached hydrogen (secondary N) is 3. The maximum Gasteiger partial charge on any atom is 0.115 e. The monoisotopic (exact) mass is 308 g/mol. The van der Waals surface area contributed by atoms with Gasteiger partial charge in [0.15, 0.2) is 0 Å². The normalized spacial score (nSPS) is 11.0. The summed E-state index contributed by atoms with van der Waals surface area (Å²) < 4.78 is 0. The molecule has 5 heteroatoms. The molecule has 1 aromatic carbocycles. The number of nitrogens with two attached hydrogens (primary N) is 1. The molecule has 0 amide bonds. The highest BCUT2D eigenvalue weighted by Crippen LogP contribution is 2.08. The molecule has 0 heterocycles. The zero-order chi connectivity index (χ0) is 15.9. The van der Waals surface area contributed by atoms with E-state index >= 15 is 0 Å². The number of hydrogen-bond donors (Lipinski definition) is 5. The van der Waals surface area contributed by atoms with Gasteiger partial charge in [-0.1, -0.05) is 12.1 Å². The van der Waals surface area contributed by atoms with Gasteiger partial charge in [0.05, 0.1) is 0 Å². The van der Waals surface area contributed by atoms with Gasteiger partial charge in [-0.25, -0.2) is 0 Å². The van der Waals surface area contributed by atoms with Crippen molar-refractivity contribution in [3.05, 3.63) is 29.8 Å². The average Bonchev–Trinajstić information content (AvgIpc) is 2.53. The summed E-state index contributed by atoms with van der Waals surface area (Å²) in [5, 5.41) is 19.5. The van der Waals surface area contributed by atoms with Crippen molar-refractivity contribution in [1.82, 2.24) is 16.0 Å². The van der Waals surface area contributed by atoms with Gasteiger partial charge in [0.2, 0.25) is 0 Å². The number of phenols is 1. The molecule has 0 spiro atoms. The Balaban J connectivity index is 1.79. The molecule has 0 unspecified atom stereocenters. The number of hydrogen-bond acceptors (Lipinski definition) is 5. The molecule has 0 saturated heterocycles. The predicted molar refractivity (Wildman–Crippen MR) is 93.1 cm³/mol. The van der Waals surface area contributed by atoms with E-state index in [2.05, 4.69) is 16.0 Å². The third-order valence-corrected chi connectivity index (χ3v) is 3.49. The zero-order valence-corrected chi connectivity index (χ0v) is 13.6. The van der Waals surface area contributed by atoms with E-state index in [9.17, 15) is 5.11 Å². The molecule has 0 fully saturated rings. The second-order valence-electron chi connectivity index (χ2n) is 5.55. The summed E-state index contributed by atoms with van der Waals surface area (Å²) in [4.78, 5) is 0. The second-order valence-corrected chi connectivity index (χ2v) is 5.55. The van der Waals surface area contributed by atoms with Crippen LogP contribution in [0.4, 0.5) is 0 Å². The standard InChI is InChI=1S/C17H32N4O/c18-9-3-12-19-10-1-2-11-20-13-4-14-21-15-16-5-7-17(22)8-6-16/h5-8,19-22H,1-4,9-15,18H2. The summed E-state index contributed by atoms with van der Waals surface area (Å²) in [6.45, 7) is 6.92. The summed E-state index contributed by atoms with van der Waals surface area (Å²) in [6.07, 6.45) is 4.63. The topological polar surface area (TPSA) is 82.3 Å². The Morgan fingerprint density at radius 2 is 1.27 bits per heavy atom. The van der Waals surface area contributed by atoms with Crippen molar-refractivity contribution in [2.45, 2.75) is 32.2 Å². The van der Waals surface area contributed by atoms with E-state index in [0.29, 0.717) is 5.75 Å². The quantitative estimate of drug-likeness (QED) is 0.333. The van der Waals surface area contributed by atoms with Crippen LogP contribution in [0.5, 0.6) is 5.75 Å². The molecule has 126 valence electrons. The van der Waals surface area contributed by atoms with Crippen LogP contribution in [-0.4, -0.2) is 44.4 Å². The van der Waals surface area contributed by atoms with Crippen LogP contribution in [0, 0.1) is 0 Å². The molecule has 0 atom stereocenters. The number of aromatic hydroxyl groups is 1. The van der Waals surface area contributed by atoms with Gasteiger partial charge in [-0.3, -0.25) is 0 Å². The lowest BCUT2D eigenvalue weighted by Gasteiger charge is -2.07. The number of phenolic OH excluding ortho intramolecular Hbond substituents is 1. The Bertz CT molecular complexity index is 356. The minimum absolute atomic E-state index is 0.322. The largest absolute Gasteiger partial charge is 0.508 e. The van der Waals surface area contributed by atoms with Crippen LogP contribution in [0.3, 0.4) is 0 Å². The van der Waals surface area contributed by atoms with Gasteiger partial charge in [-0.15, -0.1) is 0 Å². The van der Waals surface area contributed by atoms with Crippen molar-refractivity contribution in [1.29, 1.82) is 0 Å². The van der Waals surface area contributed by atoms with Gasteiger partial charge >= 0.3 is 0 Å². The Kier molecular flexibility index (Phi) is 11.6. The van der Waals surface area contributed by atoms with Gasteiger partial charge in [0, 0.05) is 6.54 Å². The predicted octanol–water partition coefficient (Wildman–Crippen LogP) is 1.18. The SMILES string of the molecule is NCCCNCCCCNCCCNCc1ccc(O)cc1. The van der Waals surface area contributed by atoms with E-state index in [1.54, 1.807) is 12.1 Å². The molecule has 0 aliphatic heterocycles. The molecule has 0 aliphatic carbocycles. The fraction of sp³-hybridized carbons (Fsp3) is 0.647. The van der Waals surface area contributed by atoms with E-state index in [1.807, 2.05) is 12.1 Å². The van der Waals surface area contributed by atoms with Crippen LogP contribution >= 0.6 is 0 Å². The third-order valence-electron chi connectivity index (χ3n) is 3.49. The van der Waals surface area contributed by atoms with E-state index in [1.165, 1.54) is 18.4 Å². The van der Waals surface area contributed by atoms with E-state index < -0.39 is 0 Å². The number of benzene rings is 1. The summed E-state index contributed by atoms with van der Waals surface area (Å²) in [6, 6.07) is 7.34. The summed E-state index contributed by atoms with van der Waals surface area (Å²) in [7, 11) is 0. The van der Waals surface area contributed by atoms with Gasteiger partial charge in [0.25, 0.3) is 0 Å². The average molecular weight is 308 g/mol. The van der Waals surface area contributed by atoms with Crippen molar-refractivity contribution in [3.8, 4) is 5.75 Å². The highest BCUT2D eigenvalue weighted by atomic mass is 16.3. The van der Waals surface area contributed by atoms with Gasteiger partial charge in [-0.2, -0.15) is 0 Å². The molecular formula is C17H32N4O. The third kappa shape index (κ3) is 10.6. The van der Waals surface area contributed by atoms with E-state index in [4.69, 9.17) is 5.73 Å². The lowest BCUT2D eigenvalue weighted by atomic mass is 10.2. The molecule has 0 aromatic heterocycles. The first-order chi connectivity index (χ1) is 10.8. The van der Waals surface area contributed by atoms with Gasteiger partial charge < -0.3 is 26.8 Å². The Hall–Kier alpha value is -1.14. The smallest absolute Gasteiger partial charge is 0.115 e. The number of unbranched alkanes of at least 4 members (excludes halogenated alkanes) is 1. The van der Waals surface area contributed by atoms with Gasteiger partial charge in [-0.05, 0) is 82.6 Å². The molecule has 5 nitrogen and oxygen atoms in total. The van der Waals surface area contributed by atoms with Crippen LogP contribution in [0.25, 0.3) is 0 Å². The first-order valence-corrected chi connectivity index (χ1v) is 8.43. The molecule has 6 N–H and O–H groups in total. The minimum atomic E-state index is 0.322. The fourth-order valence-electron chi connectivity index (χ4n) is 2.16. The molecule has 22 heavy (non-hydrogen) atoms. The second kappa shape index (κ2) is 13.5. The van der Waals surface area contributed by atoms with Crippen LogP contribution in [0.2, 0.25) is 0 Å². The fourth-order valence-corrected chi connectivity index (χ4v) is 2.16. The lowest BCUT2D eigenvalue weighted by molar-refractivity contribution is 0.475. The summed E-state index contributed by atoms with van der Waals surface area (Å²) in [5.41, 5.74) is 6.63.